The third-order valence-electron chi connectivity index (χ3n) is 4.93. The smallest absolute Gasteiger partial charge is 0.228 e. The number of benzene rings is 1. The van der Waals surface area contributed by atoms with Crippen LogP contribution in [0.5, 0.6) is 0 Å². The van der Waals surface area contributed by atoms with Crippen LogP contribution in [0.15, 0.2) is 42.6 Å². The minimum Gasteiger partial charge on any atom is -0.353 e. The number of aryl methyl sites for hydroxylation is 1. The summed E-state index contributed by atoms with van der Waals surface area (Å²) in [4.78, 5) is 18.7. The first-order valence-electron chi connectivity index (χ1n) is 9.15. The van der Waals surface area contributed by atoms with Gasteiger partial charge < -0.3 is 10.2 Å². The van der Waals surface area contributed by atoms with Gasteiger partial charge in [-0.25, -0.2) is 13.4 Å². The van der Waals surface area contributed by atoms with Crippen LogP contribution in [0.25, 0.3) is 0 Å². The van der Waals surface area contributed by atoms with E-state index in [1.165, 1.54) is 0 Å². The van der Waals surface area contributed by atoms with E-state index in [4.69, 9.17) is 0 Å². The van der Waals surface area contributed by atoms with Crippen LogP contribution in [0, 0.1) is 6.92 Å². The second-order valence-electron chi connectivity index (χ2n) is 6.90. The van der Waals surface area contributed by atoms with Crippen molar-refractivity contribution in [3.63, 3.8) is 0 Å². The first kappa shape index (κ1) is 19.4. The minimum absolute atomic E-state index is 0.0333. The lowest BCUT2D eigenvalue weighted by atomic mass is 10.1. The molecule has 1 saturated heterocycles. The third kappa shape index (κ3) is 4.86. The maximum absolute atomic E-state index is 12.3. The maximum Gasteiger partial charge on any atom is 0.228 e. The van der Waals surface area contributed by atoms with E-state index in [0.717, 1.165) is 16.9 Å². The number of anilines is 2. The highest BCUT2D eigenvalue weighted by Gasteiger charge is 2.32. The molecule has 7 heteroatoms. The molecule has 1 unspecified atom stereocenters. The quantitative estimate of drug-likeness (QED) is 0.824. The zero-order valence-electron chi connectivity index (χ0n) is 15.7. The Morgan fingerprint density at radius 1 is 1.26 bits per heavy atom. The predicted octanol–water partition coefficient (Wildman–Crippen LogP) is 2.58. The molecule has 0 saturated carbocycles. The average Bonchev–Trinajstić information content (AvgIpc) is 2.99. The van der Waals surface area contributed by atoms with Crippen LogP contribution >= 0.6 is 0 Å². The lowest BCUT2D eigenvalue weighted by Crippen LogP contribution is -2.36. The van der Waals surface area contributed by atoms with Gasteiger partial charge in [0.05, 0.1) is 29.8 Å². The third-order valence-corrected chi connectivity index (χ3v) is 6.68. The van der Waals surface area contributed by atoms with E-state index in [9.17, 15) is 13.2 Å². The Hall–Kier alpha value is -2.41. The van der Waals surface area contributed by atoms with Crippen LogP contribution in [0.3, 0.4) is 0 Å². The standard InChI is InChI=1S/C20H25N3O3S/c1-3-23(18-10-11-27(25,26)14-18)19-9-8-17(13-21-19)22-20(24)12-16-7-5-4-6-15(16)2/h4-9,13,18H,3,10-12,14H2,1-2H3,(H,22,24). The van der Waals surface area contributed by atoms with Crippen LogP contribution < -0.4 is 10.2 Å². The summed E-state index contributed by atoms with van der Waals surface area (Å²) in [6.07, 6.45) is 2.57. The Morgan fingerprint density at radius 2 is 2.04 bits per heavy atom. The fourth-order valence-electron chi connectivity index (χ4n) is 3.44. The van der Waals surface area contributed by atoms with Crippen molar-refractivity contribution in [2.45, 2.75) is 32.7 Å². The van der Waals surface area contributed by atoms with Crippen molar-refractivity contribution < 1.29 is 13.2 Å². The van der Waals surface area contributed by atoms with E-state index in [0.29, 0.717) is 25.1 Å². The van der Waals surface area contributed by atoms with Crippen molar-refractivity contribution in [2.75, 3.05) is 28.3 Å². The number of hydrogen-bond donors (Lipinski definition) is 1. The summed E-state index contributed by atoms with van der Waals surface area (Å²) in [5, 5.41) is 2.87. The molecule has 1 N–H and O–H groups in total. The number of hydrogen-bond acceptors (Lipinski definition) is 5. The summed E-state index contributed by atoms with van der Waals surface area (Å²) in [7, 11) is -2.94. The SMILES string of the molecule is CCN(c1ccc(NC(=O)Cc2ccccc2C)cn1)C1CCS(=O)(=O)C1. The normalized spacial score (nSPS) is 18.2. The zero-order chi connectivity index (χ0) is 19.4. The molecule has 27 heavy (non-hydrogen) atoms. The minimum atomic E-state index is -2.94. The number of aromatic nitrogens is 1. The van der Waals surface area contributed by atoms with Crippen molar-refractivity contribution in [1.29, 1.82) is 0 Å². The number of nitrogens with one attached hydrogen (secondary N) is 1. The van der Waals surface area contributed by atoms with Crippen molar-refractivity contribution in [1.82, 2.24) is 4.98 Å². The number of sulfone groups is 1. The number of amides is 1. The highest BCUT2D eigenvalue weighted by Crippen LogP contribution is 2.23. The number of rotatable bonds is 6. The second kappa shape index (κ2) is 8.08. The second-order valence-corrected chi connectivity index (χ2v) is 9.13. The Bertz CT molecular complexity index is 910. The lowest BCUT2D eigenvalue weighted by Gasteiger charge is -2.28. The maximum atomic E-state index is 12.3. The molecule has 1 atom stereocenters. The monoisotopic (exact) mass is 387 g/mol. The predicted molar refractivity (Wildman–Crippen MR) is 108 cm³/mol. The van der Waals surface area contributed by atoms with Crippen LogP contribution in [0.2, 0.25) is 0 Å². The van der Waals surface area contributed by atoms with Crippen LogP contribution in [-0.2, 0) is 21.1 Å². The van der Waals surface area contributed by atoms with Gasteiger partial charge in [0.25, 0.3) is 0 Å². The molecule has 0 bridgehead atoms. The molecule has 1 aliphatic heterocycles. The lowest BCUT2D eigenvalue weighted by molar-refractivity contribution is -0.115. The summed E-state index contributed by atoms with van der Waals surface area (Å²) in [6, 6.07) is 11.4. The van der Waals surface area contributed by atoms with Crippen LogP contribution in [0.1, 0.15) is 24.5 Å². The molecule has 1 aliphatic rings. The van der Waals surface area contributed by atoms with E-state index >= 15 is 0 Å². The van der Waals surface area contributed by atoms with E-state index in [1.54, 1.807) is 6.20 Å². The van der Waals surface area contributed by atoms with Crippen molar-refractivity contribution in [3.8, 4) is 0 Å². The summed E-state index contributed by atoms with van der Waals surface area (Å²) >= 11 is 0. The largest absolute Gasteiger partial charge is 0.353 e. The van der Waals surface area contributed by atoms with Gasteiger partial charge >= 0.3 is 0 Å². The van der Waals surface area contributed by atoms with Gasteiger partial charge in [0, 0.05) is 12.6 Å². The Labute approximate surface area is 160 Å². The number of carbonyl (C=O) groups is 1. The Morgan fingerprint density at radius 3 is 2.63 bits per heavy atom. The molecule has 1 aromatic carbocycles. The summed E-state index contributed by atoms with van der Waals surface area (Å²) in [6.45, 7) is 4.66. The topological polar surface area (TPSA) is 79.4 Å². The molecule has 2 heterocycles. The van der Waals surface area contributed by atoms with Gasteiger partial charge in [-0.1, -0.05) is 24.3 Å². The number of nitrogens with zero attached hydrogens (tertiary/aromatic N) is 2. The van der Waals surface area contributed by atoms with Gasteiger partial charge in [0.15, 0.2) is 9.84 Å². The molecule has 2 aromatic rings. The highest BCUT2D eigenvalue weighted by atomic mass is 32.2. The van der Waals surface area contributed by atoms with Crippen LogP contribution in [-0.4, -0.2) is 43.4 Å². The molecule has 0 aliphatic carbocycles. The molecule has 6 nitrogen and oxygen atoms in total. The van der Waals surface area contributed by atoms with E-state index in [-0.39, 0.29) is 23.5 Å². The van der Waals surface area contributed by atoms with Gasteiger partial charge in [0.2, 0.25) is 5.91 Å². The van der Waals surface area contributed by atoms with Gasteiger partial charge in [-0.05, 0) is 43.5 Å². The number of pyridine rings is 1. The first-order valence-corrected chi connectivity index (χ1v) is 11.0. The molecular weight excluding hydrogens is 362 g/mol. The molecule has 0 spiro atoms. The molecule has 3 rings (SSSR count). The van der Waals surface area contributed by atoms with Gasteiger partial charge in [-0.3, -0.25) is 4.79 Å². The molecule has 0 radical (unpaired) electrons. The molecule has 1 amide bonds. The van der Waals surface area contributed by atoms with E-state index < -0.39 is 9.84 Å². The van der Waals surface area contributed by atoms with Gasteiger partial charge in [0.1, 0.15) is 5.82 Å². The summed E-state index contributed by atoms with van der Waals surface area (Å²) in [5.41, 5.74) is 2.72. The fourth-order valence-corrected chi connectivity index (χ4v) is 5.18. The Kier molecular flexibility index (Phi) is 5.79. The van der Waals surface area contributed by atoms with Crippen LogP contribution in [0.4, 0.5) is 11.5 Å². The zero-order valence-corrected chi connectivity index (χ0v) is 16.5. The molecule has 1 fully saturated rings. The summed E-state index contributed by atoms with van der Waals surface area (Å²) in [5.74, 6) is 1.06. The van der Waals surface area contributed by atoms with E-state index in [2.05, 4.69) is 10.3 Å². The van der Waals surface area contributed by atoms with Gasteiger partial charge in [-0.2, -0.15) is 0 Å². The Balaban J connectivity index is 1.64. The average molecular weight is 388 g/mol. The van der Waals surface area contributed by atoms with Crippen molar-refractivity contribution in [3.05, 3.63) is 53.7 Å². The molecule has 144 valence electrons. The fraction of sp³-hybridized carbons (Fsp3) is 0.400. The van der Waals surface area contributed by atoms with Crippen molar-refractivity contribution in [2.24, 2.45) is 0 Å². The molecule has 1 aromatic heterocycles. The first-order chi connectivity index (χ1) is 12.9. The van der Waals surface area contributed by atoms with Gasteiger partial charge in [-0.15, -0.1) is 0 Å². The highest BCUT2D eigenvalue weighted by molar-refractivity contribution is 7.91. The molecular formula is C20H25N3O3S. The number of carbonyl (C=O) groups excluding carboxylic acids is 1. The van der Waals surface area contributed by atoms with Crippen molar-refractivity contribution >= 4 is 27.2 Å². The summed E-state index contributed by atoms with van der Waals surface area (Å²) < 4.78 is 23.5. The van der Waals surface area contributed by atoms with E-state index in [1.807, 2.05) is 55.1 Å².